The Bertz CT molecular complexity index is 610. The zero-order valence-electron chi connectivity index (χ0n) is 11.6. The number of ether oxygens (including phenoxy) is 2. The van der Waals surface area contributed by atoms with E-state index in [1.165, 1.54) is 0 Å². The Kier molecular flexibility index (Phi) is 3.63. The smallest absolute Gasteiger partial charge is 0.184 e. The number of hydrogen-bond acceptors (Lipinski definition) is 5. The largest absolute Gasteiger partial charge is 0.485 e. The maximum Gasteiger partial charge on any atom is 0.184 e. The van der Waals surface area contributed by atoms with Crippen LogP contribution in [0.15, 0.2) is 24.3 Å². The van der Waals surface area contributed by atoms with E-state index >= 15 is 0 Å². The maximum absolute atomic E-state index is 5.99. The first-order valence-electron chi connectivity index (χ1n) is 6.77. The molecule has 2 N–H and O–H groups in total. The lowest BCUT2D eigenvalue weighted by Gasteiger charge is -2.24. The summed E-state index contributed by atoms with van der Waals surface area (Å²) in [7, 11) is 0. The Labute approximate surface area is 122 Å². The van der Waals surface area contributed by atoms with Gasteiger partial charge in [-0.15, -0.1) is 11.3 Å². The average Bonchev–Trinajstić information content (AvgIpc) is 2.91. The highest BCUT2D eigenvalue weighted by atomic mass is 32.1. The first-order chi connectivity index (χ1) is 9.69. The lowest BCUT2D eigenvalue weighted by molar-refractivity contribution is 0.0909. The molecule has 0 saturated heterocycles. The van der Waals surface area contributed by atoms with Crippen molar-refractivity contribution in [2.75, 3.05) is 6.61 Å². The third-order valence-electron chi connectivity index (χ3n) is 3.26. The molecule has 5 heteroatoms. The summed E-state index contributed by atoms with van der Waals surface area (Å²) in [5.74, 6) is 1.94. The van der Waals surface area contributed by atoms with Crippen molar-refractivity contribution in [3.05, 3.63) is 39.8 Å². The van der Waals surface area contributed by atoms with Crippen molar-refractivity contribution >= 4 is 11.3 Å². The van der Waals surface area contributed by atoms with E-state index in [1.807, 2.05) is 24.3 Å². The number of fused-ring (bicyclic) bond motifs is 1. The molecule has 0 fully saturated rings. The minimum absolute atomic E-state index is 0.146. The predicted octanol–water partition coefficient (Wildman–Crippen LogP) is 3.24. The van der Waals surface area contributed by atoms with Gasteiger partial charge in [0, 0.05) is 11.4 Å². The number of nitrogens with two attached hydrogens (primary N) is 1. The van der Waals surface area contributed by atoms with Crippen molar-refractivity contribution in [1.82, 2.24) is 4.98 Å². The van der Waals surface area contributed by atoms with E-state index in [1.54, 1.807) is 11.3 Å². The van der Waals surface area contributed by atoms with Gasteiger partial charge in [-0.1, -0.05) is 26.0 Å². The second-order valence-electron chi connectivity index (χ2n) is 5.08. The SMILES string of the molecule is CC(C)c1nc(C2COc3ccccc3O2)sc1CN. The van der Waals surface area contributed by atoms with Crippen LogP contribution in [0.25, 0.3) is 0 Å². The molecule has 1 atom stereocenters. The molecule has 2 heterocycles. The van der Waals surface area contributed by atoms with Crippen molar-refractivity contribution in [2.24, 2.45) is 5.73 Å². The number of nitrogens with zero attached hydrogens (tertiary/aromatic N) is 1. The summed E-state index contributed by atoms with van der Waals surface area (Å²) >= 11 is 1.63. The number of hydrogen-bond donors (Lipinski definition) is 1. The molecule has 4 nitrogen and oxygen atoms in total. The summed E-state index contributed by atoms with van der Waals surface area (Å²) in [6.07, 6.45) is -0.146. The first kappa shape index (κ1) is 13.4. The van der Waals surface area contributed by atoms with E-state index in [9.17, 15) is 0 Å². The Hall–Kier alpha value is -1.59. The molecule has 0 aliphatic carbocycles. The van der Waals surface area contributed by atoms with Crippen LogP contribution in [-0.2, 0) is 6.54 Å². The molecule has 20 heavy (non-hydrogen) atoms. The van der Waals surface area contributed by atoms with Gasteiger partial charge >= 0.3 is 0 Å². The van der Waals surface area contributed by atoms with Gasteiger partial charge in [0.2, 0.25) is 0 Å². The van der Waals surface area contributed by atoms with Crippen LogP contribution < -0.4 is 15.2 Å². The van der Waals surface area contributed by atoms with Crippen LogP contribution in [0, 0.1) is 0 Å². The normalized spacial score (nSPS) is 17.5. The number of para-hydroxylation sites is 2. The molecular formula is C15H18N2O2S. The molecule has 1 unspecified atom stereocenters. The van der Waals surface area contributed by atoms with E-state index in [2.05, 4.69) is 13.8 Å². The molecular weight excluding hydrogens is 272 g/mol. The van der Waals surface area contributed by atoms with Crippen molar-refractivity contribution in [3.8, 4) is 11.5 Å². The lowest BCUT2D eigenvalue weighted by atomic mass is 10.1. The van der Waals surface area contributed by atoms with Crippen LogP contribution in [0.2, 0.25) is 0 Å². The monoisotopic (exact) mass is 290 g/mol. The fraction of sp³-hybridized carbons (Fsp3) is 0.400. The van der Waals surface area contributed by atoms with Gasteiger partial charge in [0.05, 0.1) is 5.69 Å². The van der Waals surface area contributed by atoms with Crippen LogP contribution in [0.3, 0.4) is 0 Å². The molecule has 1 aliphatic heterocycles. The molecule has 0 saturated carbocycles. The van der Waals surface area contributed by atoms with Gasteiger partial charge < -0.3 is 15.2 Å². The third kappa shape index (κ3) is 2.39. The van der Waals surface area contributed by atoms with Crippen molar-refractivity contribution in [2.45, 2.75) is 32.4 Å². The molecule has 0 spiro atoms. The van der Waals surface area contributed by atoms with Crippen LogP contribution in [0.1, 0.15) is 41.4 Å². The first-order valence-corrected chi connectivity index (χ1v) is 7.58. The van der Waals surface area contributed by atoms with Gasteiger partial charge in [-0.2, -0.15) is 0 Å². The van der Waals surface area contributed by atoms with Crippen LogP contribution in [0.4, 0.5) is 0 Å². The number of rotatable bonds is 3. The van der Waals surface area contributed by atoms with E-state index in [-0.39, 0.29) is 6.10 Å². The van der Waals surface area contributed by atoms with E-state index < -0.39 is 0 Å². The minimum atomic E-state index is -0.146. The Morgan fingerprint density at radius 3 is 2.75 bits per heavy atom. The summed E-state index contributed by atoms with van der Waals surface area (Å²) in [5.41, 5.74) is 6.88. The quantitative estimate of drug-likeness (QED) is 0.943. The van der Waals surface area contributed by atoms with Gasteiger partial charge in [0.1, 0.15) is 11.6 Å². The number of aromatic nitrogens is 1. The number of benzene rings is 1. The van der Waals surface area contributed by atoms with Gasteiger partial charge in [0.15, 0.2) is 17.6 Å². The highest BCUT2D eigenvalue weighted by Gasteiger charge is 2.26. The highest BCUT2D eigenvalue weighted by molar-refractivity contribution is 7.11. The predicted molar refractivity (Wildman–Crippen MR) is 79.4 cm³/mol. The fourth-order valence-corrected chi connectivity index (χ4v) is 3.37. The Morgan fingerprint density at radius 2 is 2.10 bits per heavy atom. The van der Waals surface area contributed by atoms with Gasteiger partial charge in [-0.25, -0.2) is 4.98 Å². The van der Waals surface area contributed by atoms with E-state index in [0.29, 0.717) is 19.1 Å². The molecule has 3 rings (SSSR count). The fourth-order valence-electron chi connectivity index (χ4n) is 2.26. The molecule has 1 aliphatic rings. The summed E-state index contributed by atoms with van der Waals surface area (Å²) in [5, 5.41) is 0.948. The van der Waals surface area contributed by atoms with Crippen molar-refractivity contribution < 1.29 is 9.47 Å². The Morgan fingerprint density at radius 1 is 1.35 bits per heavy atom. The van der Waals surface area contributed by atoms with Crippen LogP contribution in [0.5, 0.6) is 11.5 Å². The summed E-state index contributed by atoms with van der Waals surface area (Å²) < 4.78 is 11.7. The average molecular weight is 290 g/mol. The summed E-state index contributed by atoms with van der Waals surface area (Å²) in [6.45, 7) is 5.28. The van der Waals surface area contributed by atoms with Crippen molar-refractivity contribution in [3.63, 3.8) is 0 Å². The second kappa shape index (κ2) is 5.42. The highest BCUT2D eigenvalue weighted by Crippen LogP contribution is 2.38. The lowest BCUT2D eigenvalue weighted by Crippen LogP contribution is -2.21. The maximum atomic E-state index is 5.99. The topological polar surface area (TPSA) is 57.4 Å². The van der Waals surface area contributed by atoms with Gasteiger partial charge in [0.25, 0.3) is 0 Å². The summed E-state index contributed by atoms with van der Waals surface area (Å²) in [4.78, 5) is 5.85. The van der Waals surface area contributed by atoms with Crippen LogP contribution in [-0.4, -0.2) is 11.6 Å². The molecule has 1 aromatic heterocycles. The molecule has 0 amide bonds. The molecule has 2 aromatic rings. The van der Waals surface area contributed by atoms with Crippen molar-refractivity contribution in [1.29, 1.82) is 0 Å². The van der Waals surface area contributed by atoms with Crippen LogP contribution >= 0.6 is 11.3 Å². The van der Waals surface area contributed by atoms with E-state index in [0.717, 1.165) is 27.1 Å². The second-order valence-corrected chi connectivity index (χ2v) is 6.20. The summed E-state index contributed by atoms with van der Waals surface area (Å²) in [6, 6.07) is 7.72. The van der Waals surface area contributed by atoms with Gasteiger partial charge in [-0.3, -0.25) is 0 Å². The molecule has 0 bridgehead atoms. The van der Waals surface area contributed by atoms with E-state index in [4.69, 9.17) is 20.2 Å². The number of thiazole rings is 1. The third-order valence-corrected chi connectivity index (χ3v) is 4.45. The standard InChI is InChI=1S/C15H18N2O2S/c1-9(2)14-13(7-16)20-15(17-14)12-8-18-10-5-3-4-6-11(10)19-12/h3-6,9,12H,7-8,16H2,1-2H3. The Balaban J connectivity index is 1.88. The molecule has 0 radical (unpaired) electrons. The van der Waals surface area contributed by atoms with Gasteiger partial charge in [-0.05, 0) is 18.1 Å². The molecule has 1 aromatic carbocycles. The minimum Gasteiger partial charge on any atom is -0.485 e. The zero-order valence-corrected chi connectivity index (χ0v) is 12.4. The molecule has 106 valence electrons. The zero-order chi connectivity index (χ0) is 14.1.